The van der Waals surface area contributed by atoms with E-state index in [0.717, 1.165) is 43.7 Å². The summed E-state index contributed by atoms with van der Waals surface area (Å²) in [5, 5.41) is 4.52. The Morgan fingerprint density at radius 2 is 2.04 bits per heavy atom. The average molecular weight is 386 g/mol. The molecule has 0 aliphatic carbocycles. The molecule has 1 spiro atoms. The SMILES string of the molecule is Cc1cc(F)ccc1CN1CCC2(CC1)Cn1nc(C(=O)N(C)C)cc1CO2. The van der Waals surface area contributed by atoms with Gasteiger partial charge in [0.15, 0.2) is 5.69 Å². The second-order valence-electron chi connectivity index (χ2n) is 8.20. The van der Waals surface area contributed by atoms with E-state index in [1.54, 1.807) is 25.1 Å². The van der Waals surface area contributed by atoms with Gasteiger partial charge < -0.3 is 9.64 Å². The van der Waals surface area contributed by atoms with Crippen LogP contribution in [0.2, 0.25) is 0 Å². The maximum Gasteiger partial charge on any atom is 0.273 e. The van der Waals surface area contributed by atoms with Crippen molar-refractivity contribution in [3.05, 3.63) is 52.6 Å². The average Bonchev–Trinajstić information content (AvgIpc) is 3.08. The van der Waals surface area contributed by atoms with Gasteiger partial charge in [0, 0.05) is 33.7 Å². The predicted molar refractivity (Wildman–Crippen MR) is 103 cm³/mol. The number of benzene rings is 1. The molecule has 6 nitrogen and oxygen atoms in total. The number of aryl methyl sites for hydroxylation is 1. The van der Waals surface area contributed by atoms with Crippen molar-refractivity contribution in [2.75, 3.05) is 27.2 Å². The number of rotatable bonds is 3. The summed E-state index contributed by atoms with van der Waals surface area (Å²) in [4.78, 5) is 16.1. The first-order valence-electron chi connectivity index (χ1n) is 9.75. The fourth-order valence-corrected chi connectivity index (χ4v) is 4.09. The highest BCUT2D eigenvalue weighted by Crippen LogP contribution is 2.34. The third kappa shape index (κ3) is 3.69. The van der Waals surface area contributed by atoms with E-state index in [2.05, 4.69) is 10.00 Å². The van der Waals surface area contributed by atoms with E-state index in [1.165, 1.54) is 11.6 Å². The zero-order chi connectivity index (χ0) is 19.9. The van der Waals surface area contributed by atoms with Crippen LogP contribution in [0.3, 0.4) is 0 Å². The summed E-state index contributed by atoms with van der Waals surface area (Å²) in [6.45, 7) is 5.82. The number of hydrogen-bond acceptors (Lipinski definition) is 4. The molecular formula is C21H27FN4O2. The molecule has 1 aromatic carbocycles. The van der Waals surface area contributed by atoms with Crippen LogP contribution in [0.15, 0.2) is 24.3 Å². The van der Waals surface area contributed by atoms with Gasteiger partial charge in [0.1, 0.15) is 5.82 Å². The van der Waals surface area contributed by atoms with Gasteiger partial charge >= 0.3 is 0 Å². The lowest BCUT2D eigenvalue weighted by atomic mass is 9.89. The number of ether oxygens (including phenoxy) is 1. The molecule has 0 saturated carbocycles. The molecule has 0 atom stereocenters. The lowest BCUT2D eigenvalue weighted by Crippen LogP contribution is -2.50. The molecule has 2 aromatic rings. The molecule has 1 saturated heterocycles. The highest BCUT2D eigenvalue weighted by molar-refractivity contribution is 5.92. The Hall–Kier alpha value is -2.25. The van der Waals surface area contributed by atoms with Crippen molar-refractivity contribution < 1.29 is 13.9 Å². The van der Waals surface area contributed by atoms with Gasteiger partial charge in [-0.2, -0.15) is 5.10 Å². The highest BCUT2D eigenvalue weighted by atomic mass is 19.1. The molecule has 0 N–H and O–H groups in total. The Kier molecular flexibility index (Phi) is 4.97. The van der Waals surface area contributed by atoms with Gasteiger partial charge in [-0.05, 0) is 49.1 Å². The maximum absolute atomic E-state index is 13.3. The summed E-state index contributed by atoms with van der Waals surface area (Å²) in [7, 11) is 3.47. The van der Waals surface area contributed by atoms with Gasteiger partial charge in [-0.1, -0.05) is 6.07 Å². The van der Waals surface area contributed by atoms with Crippen LogP contribution in [-0.2, 0) is 24.4 Å². The largest absolute Gasteiger partial charge is 0.367 e. The van der Waals surface area contributed by atoms with Gasteiger partial charge in [-0.25, -0.2) is 4.39 Å². The van der Waals surface area contributed by atoms with Crippen LogP contribution in [0.25, 0.3) is 0 Å². The number of halogens is 1. The first-order chi connectivity index (χ1) is 13.3. The molecular weight excluding hydrogens is 359 g/mol. The van der Waals surface area contributed by atoms with Gasteiger partial charge in [-0.3, -0.25) is 14.4 Å². The topological polar surface area (TPSA) is 50.6 Å². The van der Waals surface area contributed by atoms with E-state index in [9.17, 15) is 9.18 Å². The first kappa shape index (κ1) is 19.1. The van der Waals surface area contributed by atoms with E-state index < -0.39 is 0 Å². The van der Waals surface area contributed by atoms with Crippen molar-refractivity contribution in [2.45, 2.75) is 45.1 Å². The Balaban J connectivity index is 1.40. The van der Waals surface area contributed by atoms with Crippen LogP contribution >= 0.6 is 0 Å². The minimum atomic E-state index is -0.216. The van der Waals surface area contributed by atoms with Gasteiger partial charge in [0.2, 0.25) is 0 Å². The molecule has 2 aliphatic rings. The Labute approximate surface area is 164 Å². The molecule has 4 rings (SSSR count). The number of fused-ring (bicyclic) bond motifs is 1. The molecule has 150 valence electrons. The molecule has 0 radical (unpaired) electrons. The van der Waals surface area contributed by atoms with Crippen LogP contribution < -0.4 is 0 Å². The highest BCUT2D eigenvalue weighted by Gasteiger charge is 2.40. The summed E-state index contributed by atoms with van der Waals surface area (Å²) in [6, 6.07) is 6.84. The number of carbonyl (C=O) groups is 1. The number of carbonyl (C=O) groups excluding carboxylic acids is 1. The number of aromatic nitrogens is 2. The van der Waals surface area contributed by atoms with Crippen LogP contribution in [-0.4, -0.2) is 58.3 Å². The van der Waals surface area contributed by atoms with Crippen molar-refractivity contribution in [3.8, 4) is 0 Å². The summed E-state index contributed by atoms with van der Waals surface area (Å²) in [5.41, 5.74) is 3.38. The monoisotopic (exact) mass is 386 g/mol. The fourth-order valence-electron chi connectivity index (χ4n) is 4.09. The second kappa shape index (κ2) is 7.29. The quantitative estimate of drug-likeness (QED) is 0.814. The predicted octanol–water partition coefficient (Wildman–Crippen LogP) is 2.60. The normalized spacial score (nSPS) is 18.9. The molecule has 1 fully saturated rings. The lowest BCUT2D eigenvalue weighted by molar-refractivity contribution is -0.124. The minimum absolute atomic E-state index is 0.0829. The number of likely N-dealkylation sites (tertiary alicyclic amines) is 1. The summed E-state index contributed by atoms with van der Waals surface area (Å²) < 4.78 is 21.5. The van der Waals surface area contributed by atoms with Crippen molar-refractivity contribution in [3.63, 3.8) is 0 Å². The van der Waals surface area contributed by atoms with Gasteiger partial charge in [0.25, 0.3) is 5.91 Å². The third-order valence-corrected chi connectivity index (χ3v) is 5.92. The summed E-state index contributed by atoms with van der Waals surface area (Å²) in [6.07, 6.45) is 1.84. The zero-order valence-electron chi connectivity index (χ0n) is 16.7. The van der Waals surface area contributed by atoms with E-state index in [4.69, 9.17) is 4.74 Å². The fraction of sp³-hybridized carbons (Fsp3) is 0.524. The van der Waals surface area contributed by atoms with Crippen molar-refractivity contribution in [1.29, 1.82) is 0 Å². The molecule has 1 amide bonds. The van der Waals surface area contributed by atoms with Crippen LogP contribution in [0.4, 0.5) is 4.39 Å². The van der Waals surface area contributed by atoms with Crippen LogP contribution in [0, 0.1) is 12.7 Å². The molecule has 3 heterocycles. The smallest absolute Gasteiger partial charge is 0.273 e. The Bertz CT molecular complexity index is 885. The second-order valence-corrected chi connectivity index (χ2v) is 8.20. The minimum Gasteiger partial charge on any atom is -0.367 e. The number of nitrogens with zero attached hydrogens (tertiary/aromatic N) is 4. The van der Waals surface area contributed by atoms with Crippen molar-refractivity contribution in [1.82, 2.24) is 19.6 Å². The zero-order valence-corrected chi connectivity index (χ0v) is 16.7. The van der Waals surface area contributed by atoms with Crippen LogP contribution in [0.5, 0.6) is 0 Å². The van der Waals surface area contributed by atoms with E-state index >= 15 is 0 Å². The third-order valence-electron chi connectivity index (χ3n) is 5.92. The molecule has 28 heavy (non-hydrogen) atoms. The maximum atomic E-state index is 13.3. The molecule has 0 bridgehead atoms. The molecule has 7 heteroatoms. The van der Waals surface area contributed by atoms with E-state index in [-0.39, 0.29) is 17.3 Å². The van der Waals surface area contributed by atoms with E-state index in [0.29, 0.717) is 18.8 Å². The van der Waals surface area contributed by atoms with Crippen LogP contribution in [0.1, 0.15) is 40.2 Å². The summed E-state index contributed by atoms with van der Waals surface area (Å²) in [5.74, 6) is -0.267. The first-order valence-corrected chi connectivity index (χ1v) is 9.75. The standard InChI is InChI=1S/C21H27FN4O2/c1-15-10-17(22)5-4-16(15)12-25-8-6-21(7-9-25)14-26-18(13-28-21)11-19(23-26)20(27)24(2)3/h4-5,10-11H,6-9,12-14H2,1-3H3. The van der Waals surface area contributed by atoms with Gasteiger partial charge in [0.05, 0.1) is 24.4 Å². The van der Waals surface area contributed by atoms with Crippen molar-refractivity contribution in [2.24, 2.45) is 0 Å². The number of piperidine rings is 1. The Morgan fingerprint density at radius 1 is 1.29 bits per heavy atom. The number of amides is 1. The lowest BCUT2D eigenvalue weighted by Gasteiger charge is -2.44. The van der Waals surface area contributed by atoms with E-state index in [1.807, 2.05) is 23.7 Å². The molecule has 1 aromatic heterocycles. The number of hydrogen-bond donors (Lipinski definition) is 0. The van der Waals surface area contributed by atoms with Crippen molar-refractivity contribution >= 4 is 5.91 Å². The molecule has 0 unspecified atom stereocenters. The summed E-state index contributed by atoms with van der Waals surface area (Å²) >= 11 is 0. The van der Waals surface area contributed by atoms with Gasteiger partial charge in [-0.15, -0.1) is 0 Å². The molecule has 2 aliphatic heterocycles. The Morgan fingerprint density at radius 3 is 2.71 bits per heavy atom.